The number of amides is 2. The molecule has 0 spiro atoms. The molecule has 164 valence electrons. The van der Waals surface area contributed by atoms with Crippen molar-refractivity contribution in [1.29, 1.82) is 0 Å². The first-order valence-corrected chi connectivity index (χ1v) is 10.1. The molecule has 32 heavy (non-hydrogen) atoms. The number of carbonyl (C=O) groups is 1. The molecule has 11 heteroatoms. The van der Waals surface area contributed by atoms with E-state index in [0.29, 0.717) is 23.9 Å². The smallest absolute Gasteiger partial charge is 0.366 e. The average molecular weight is 441 g/mol. The Morgan fingerprint density at radius 3 is 2.78 bits per heavy atom. The Balaban J connectivity index is 1.55. The van der Waals surface area contributed by atoms with Crippen molar-refractivity contribution in [2.24, 2.45) is 0 Å². The molecule has 2 aliphatic heterocycles. The van der Waals surface area contributed by atoms with E-state index in [2.05, 4.69) is 30.2 Å². The van der Waals surface area contributed by atoms with Crippen LogP contribution in [-0.2, 0) is 6.18 Å². The molecule has 0 unspecified atom stereocenters. The van der Waals surface area contributed by atoms with Gasteiger partial charge >= 0.3 is 12.2 Å². The number of pyridine rings is 2. The molecular weight excluding hydrogens is 423 g/mol. The number of nitrogens with zero attached hydrogens (tertiary/aromatic N) is 6. The number of anilines is 3. The predicted molar refractivity (Wildman–Crippen MR) is 111 cm³/mol. The van der Waals surface area contributed by atoms with Gasteiger partial charge in [0.05, 0.1) is 17.4 Å². The van der Waals surface area contributed by atoms with Gasteiger partial charge < -0.3 is 4.90 Å². The lowest BCUT2D eigenvalue weighted by molar-refractivity contribution is -0.141. The van der Waals surface area contributed by atoms with Crippen molar-refractivity contribution < 1.29 is 18.0 Å². The van der Waals surface area contributed by atoms with Crippen molar-refractivity contribution in [3.63, 3.8) is 0 Å². The molecule has 1 saturated heterocycles. The minimum atomic E-state index is -4.56. The lowest BCUT2D eigenvalue weighted by Gasteiger charge is -2.45. The second-order valence-corrected chi connectivity index (χ2v) is 7.60. The number of aromatic nitrogens is 4. The van der Waals surface area contributed by atoms with E-state index >= 15 is 0 Å². The van der Waals surface area contributed by atoms with Gasteiger partial charge in [-0.1, -0.05) is 0 Å². The lowest BCUT2D eigenvalue weighted by Crippen LogP contribution is -2.56. The van der Waals surface area contributed by atoms with E-state index in [4.69, 9.17) is 0 Å². The van der Waals surface area contributed by atoms with Gasteiger partial charge in [-0.25, -0.2) is 19.7 Å². The normalized spacial score (nSPS) is 17.7. The molecule has 2 bridgehead atoms. The summed E-state index contributed by atoms with van der Waals surface area (Å²) in [5.74, 6) is 0.764. The third kappa shape index (κ3) is 3.70. The van der Waals surface area contributed by atoms with E-state index in [0.717, 1.165) is 37.3 Å². The van der Waals surface area contributed by atoms with E-state index in [1.54, 1.807) is 23.1 Å². The first-order valence-electron chi connectivity index (χ1n) is 10.1. The Kier molecular flexibility index (Phi) is 4.87. The summed E-state index contributed by atoms with van der Waals surface area (Å²) in [7, 11) is 0. The van der Waals surface area contributed by atoms with Gasteiger partial charge in [0, 0.05) is 31.0 Å². The molecule has 1 atom stereocenters. The number of urea groups is 1. The van der Waals surface area contributed by atoms with Crippen LogP contribution in [0.1, 0.15) is 18.5 Å². The Morgan fingerprint density at radius 2 is 2.00 bits per heavy atom. The molecule has 3 aromatic heterocycles. The van der Waals surface area contributed by atoms with Crippen LogP contribution in [0.2, 0.25) is 0 Å². The lowest BCUT2D eigenvalue weighted by atomic mass is 9.99. The first kappa shape index (κ1) is 20.2. The van der Waals surface area contributed by atoms with Crippen LogP contribution < -0.4 is 15.1 Å². The molecule has 1 fully saturated rings. The maximum Gasteiger partial charge on any atom is 0.433 e. The van der Waals surface area contributed by atoms with Gasteiger partial charge in [0.1, 0.15) is 17.8 Å². The second kappa shape index (κ2) is 7.74. The summed E-state index contributed by atoms with van der Waals surface area (Å²) in [4.78, 5) is 32.9. The van der Waals surface area contributed by atoms with E-state index in [-0.39, 0.29) is 11.6 Å². The predicted octanol–water partition coefficient (Wildman–Crippen LogP) is 3.97. The summed E-state index contributed by atoms with van der Waals surface area (Å²) >= 11 is 0. The number of hydrogen-bond donors (Lipinski definition) is 1. The Bertz CT molecular complexity index is 1160. The number of hydrogen-bond acceptors (Lipinski definition) is 6. The maximum absolute atomic E-state index is 13.2. The summed E-state index contributed by atoms with van der Waals surface area (Å²) in [6, 6.07) is 6.98. The summed E-state index contributed by atoms with van der Waals surface area (Å²) < 4.78 is 39.4. The van der Waals surface area contributed by atoms with Gasteiger partial charge in [-0.15, -0.1) is 0 Å². The molecule has 0 saturated carbocycles. The zero-order valence-electron chi connectivity index (χ0n) is 16.8. The van der Waals surface area contributed by atoms with Crippen LogP contribution in [-0.4, -0.2) is 45.1 Å². The van der Waals surface area contributed by atoms with Crippen molar-refractivity contribution in [2.45, 2.75) is 25.1 Å². The number of nitrogens with one attached hydrogen (secondary N) is 1. The second-order valence-electron chi connectivity index (χ2n) is 7.60. The number of halogens is 3. The molecule has 2 amide bonds. The molecule has 0 aliphatic carbocycles. The fraction of sp³-hybridized carbons (Fsp3) is 0.286. The third-order valence-corrected chi connectivity index (χ3v) is 5.57. The minimum absolute atomic E-state index is 0.107. The first-order chi connectivity index (χ1) is 15.4. The van der Waals surface area contributed by atoms with Crippen LogP contribution in [0.5, 0.6) is 0 Å². The number of piperidine rings is 1. The fourth-order valence-corrected chi connectivity index (χ4v) is 4.12. The quantitative estimate of drug-likeness (QED) is 0.648. The molecule has 8 nitrogen and oxygen atoms in total. The SMILES string of the molecule is O=C(Nc1ccncn1)N1c2nc(-c3ccnc(C(F)(F)F)c3)ccc2N2CCC[C@H]1C2. The highest BCUT2D eigenvalue weighted by Gasteiger charge is 2.38. The minimum Gasteiger partial charge on any atom is -0.366 e. The molecule has 2 aliphatic rings. The van der Waals surface area contributed by atoms with Gasteiger partial charge in [0.25, 0.3) is 0 Å². The van der Waals surface area contributed by atoms with Crippen LogP contribution >= 0.6 is 0 Å². The molecule has 3 aromatic rings. The summed E-state index contributed by atoms with van der Waals surface area (Å²) in [6.07, 6.45) is 1.12. The average Bonchev–Trinajstić information content (AvgIpc) is 2.79. The number of alkyl halides is 3. The highest BCUT2D eigenvalue weighted by Crippen LogP contribution is 2.40. The summed E-state index contributed by atoms with van der Waals surface area (Å²) in [6.45, 7) is 1.50. The largest absolute Gasteiger partial charge is 0.433 e. The maximum atomic E-state index is 13.2. The van der Waals surface area contributed by atoms with E-state index in [1.165, 1.54) is 18.6 Å². The van der Waals surface area contributed by atoms with E-state index in [1.807, 2.05) is 0 Å². The fourth-order valence-electron chi connectivity index (χ4n) is 4.12. The zero-order chi connectivity index (χ0) is 22.3. The summed E-state index contributed by atoms with van der Waals surface area (Å²) in [5.41, 5.74) is 0.385. The molecule has 0 aromatic carbocycles. The van der Waals surface area contributed by atoms with Gasteiger partial charge in [0.2, 0.25) is 0 Å². The Labute approximate surface area is 181 Å². The number of carbonyl (C=O) groups excluding carboxylic acids is 1. The van der Waals surface area contributed by atoms with Crippen molar-refractivity contribution in [3.05, 3.63) is 54.7 Å². The zero-order valence-corrected chi connectivity index (χ0v) is 16.8. The molecule has 1 N–H and O–H groups in total. The van der Waals surface area contributed by atoms with Gasteiger partial charge in [-0.3, -0.25) is 15.2 Å². The molecule has 0 radical (unpaired) electrons. The highest BCUT2D eigenvalue weighted by molar-refractivity contribution is 6.04. The van der Waals surface area contributed by atoms with Gasteiger partial charge in [-0.2, -0.15) is 13.2 Å². The highest BCUT2D eigenvalue weighted by atomic mass is 19.4. The number of fused-ring (bicyclic) bond motifs is 4. The van der Waals surface area contributed by atoms with Crippen LogP contribution in [0.15, 0.2) is 49.1 Å². The molecular formula is C21H18F3N7O. The van der Waals surface area contributed by atoms with E-state index in [9.17, 15) is 18.0 Å². The van der Waals surface area contributed by atoms with Gasteiger partial charge in [0.15, 0.2) is 5.82 Å². The topological polar surface area (TPSA) is 87.1 Å². The molecule has 5 heterocycles. The molecule has 5 rings (SSSR count). The van der Waals surface area contributed by atoms with Crippen LogP contribution in [0.25, 0.3) is 11.3 Å². The van der Waals surface area contributed by atoms with Crippen molar-refractivity contribution in [3.8, 4) is 11.3 Å². The third-order valence-electron chi connectivity index (χ3n) is 5.57. The number of rotatable bonds is 2. The van der Waals surface area contributed by atoms with Crippen molar-refractivity contribution >= 4 is 23.4 Å². The van der Waals surface area contributed by atoms with Crippen LogP contribution in [0.3, 0.4) is 0 Å². The monoisotopic (exact) mass is 441 g/mol. The van der Waals surface area contributed by atoms with Crippen molar-refractivity contribution in [2.75, 3.05) is 28.2 Å². The van der Waals surface area contributed by atoms with Crippen LogP contribution in [0, 0.1) is 0 Å². The van der Waals surface area contributed by atoms with E-state index < -0.39 is 17.9 Å². The van der Waals surface area contributed by atoms with Gasteiger partial charge in [-0.05, 0) is 43.2 Å². The summed E-state index contributed by atoms with van der Waals surface area (Å²) in [5, 5.41) is 2.76. The Hall–Kier alpha value is -3.76. The standard InChI is InChI=1S/C21H18F3N7O/c22-21(23,24)17-10-13(5-8-26-17)15-3-4-16-19(28-15)31(14-2-1-9-30(16)11-14)20(32)29-18-6-7-25-12-27-18/h3-8,10,12,14H,1-2,9,11H2,(H,25,27,29,32)/t14-/m0/s1. The Morgan fingerprint density at radius 1 is 1.12 bits per heavy atom. The van der Waals surface area contributed by atoms with Crippen molar-refractivity contribution in [1.82, 2.24) is 19.9 Å². The van der Waals surface area contributed by atoms with Crippen LogP contribution in [0.4, 0.5) is 35.3 Å².